The number of pyridine rings is 1. The number of likely N-dealkylation sites (tertiary alicyclic amines) is 1. The second-order valence-corrected chi connectivity index (χ2v) is 8.59. The summed E-state index contributed by atoms with van der Waals surface area (Å²) < 4.78 is 2.11. The molecular weight excluding hydrogens is 390 g/mol. The number of nitrogens with zero attached hydrogens (tertiary/aromatic N) is 6. The Kier molecular flexibility index (Phi) is 7.06. The highest BCUT2D eigenvalue weighted by atomic mass is 16.2. The number of carbonyl (C=O) groups excluding carboxylic acids is 1. The van der Waals surface area contributed by atoms with Gasteiger partial charge < -0.3 is 19.5 Å². The zero-order valence-electron chi connectivity index (χ0n) is 18.9. The van der Waals surface area contributed by atoms with Crippen molar-refractivity contribution in [3.8, 4) is 0 Å². The molecule has 0 saturated carbocycles. The van der Waals surface area contributed by atoms with Gasteiger partial charge in [-0.15, -0.1) is 0 Å². The summed E-state index contributed by atoms with van der Waals surface area (Å²) in [5, 5.41) is 3.46. The van der Waals surface area contributed by atoms with E-state index < -0.39 is 0 Å². The van der Waals surface area contributed by atoms with Gasteiger partial charge in [0.1, 0.15) is 5.65 Å². The Bertz CT molecular complexity index is 906. The maximum Gasteiger partial charge on any atom is 0.236 e. The number of hydrogen-bond acceptors (Lipinski definition) is 4. The van der Waals surface area contributed by atoms with E-state index in [1.807, 2.05) is 19.2 Å². The van der Waals surface area contributed by atoms with E-state index in [2.05, 4.69) is 48.6 Å². The van der Waals surface area contributed by atoms with E-state index in [1.54, 1.807) is 0 Å². The summed E-state index contributed by atoms with van der Waals surface area (Å²) in [6.07, 6.45) is 6.88. The van der Waals surface area contributed by atoms with Crippen molar-refractivity contribution >= 4 is 17.5 Å². The number of rotatable bonds is 4. The number of carbonyl (C=O) groups is 1. The first-order chi connectivity index (χ1) is 15.1. The van der Waals surface area contributed by atoms with Crippen molar-refractivity contribution in [2.45, 2.75) is 39.2 Å². The van der Waals surface area contributed by atoms with Crippen LogP contribution in [0.5, 0.6) is 0 Å². The Balaban J connectivity index is 1.26. The fourth-order valence-electron chi connectivity index (χ4n) is 4.52. The van der Waals surface area contributed by atoms with Gasteiger partial charge in [0.15, 0.2) is 5.96 Å². The van der Waals surface area contributed by atoms with Crippen LogP contribution in [0.1, 0.15) is 37.1 Å². The lowest BCUT2D eigenvalue weighted by molar-refractivity contribution is -0.132. The average Bonchev–Trinajstić information content (AvgIpc) is 3.01. The average molecular weight is 426 g/mol. The molecule has 0 atom stereocenters. The molecule has 168 valence electrons. The van der Waals surface area contributed by atoms with E-state index in [-0.39, 0.29) is 0 Å². The quantitative estimate of drug-likeness (QED) is 0.597. The molecule has 1 amide bonds. The fourth-order valence-corrected chi connectivity index (χ4v) is 4.52. The summed E-state index contributed by atoms with van der Waals surface area (Å²) in [7, 11) is 1.82. The lowest BCUT2D eigenvalue weighted by Gasteiger charge is -2.36. The van der Waals surface area contributed by atoms with E-state index in [9.17, 15) is 4.79 Å². The highest BCUT2D eigenvalue weighted by Gasteiger charge is 2.23. The Hall–Kier alpha value is -2.61. The van der Waals surface area contributed by atoms with Gasteiger partial charge in [-0.25, -0.2) is 4.98 Å². The molecule has 1 N–H and O–H groups in total. The first kappa shape index (κ1) is 21.6. The molecule has 0 spiro atoms. The maximum atomic E-state index is 12.7. The first-order valence-electron chi connectivity index (χ1n) is 11.5. The van der Waals surface area contributed by atoms with Crippen LogP contribution < -0.4 is 5.32 Å². The van der Waals surface area contributed by atoms with Crippen molar-refractivity contribution in [2.24, 2.45) is 4.99 Å². The minimum atomic E-state index is 0.292. The summed E-state index contributed by atoms with van der Waals surface area (Å²) in [6, 6.07) is 6.14. The number of imidazole rings is 1. The minimum absolute atomic E-state index is 0.292. The van der Waals surface area contributed by atoms with Crippen LogP contribution in [-0.2, 0) is 11.3 Å². The third kappa shape index (κ3) is 5.36. The third-order valence-electron chi connectivity index (χ3n) is 6.37. The number of piperazine rings is 1. The van der Waals surface area contributed by atoms with Crippen molar-refractivity contribution in [1.29, 1.82) is 0 Å². The van der Waals surface area contributed by atoms with E-state index in [0.717, 1.165) is 69.4 Å². The molecule has 0 unspecified atom stereocenters. The van der Waals surface area contributed by atoms with Crippen LogP contribution >= 0.6 is 0 Å². The van der Waals surface area contributed by atoms with E-state index >= 15 is 0 Å². The van der Waals surface area contributed by atoms with Crippen LogP contribution in [0.15, 0.2) is 29.4 Å². The van der Waals surface area contributed by atoms with Gasteiger partial charge in [-0.2, -0.15) is 0 Å². The number of amides is 1. The largest absolute Gasteiger partial charge is 0.351 e. The standard InChI is InChI=1S/C23H35N7O/c1-19-8-7-9-21-26-20(17-30(19)21)16-25-23(24-2)29-14-12-27(13-15-29)18-22(31)28-10-5-3-4-6-11-28/h7-9,17H,3-6,10-16,18H2,1-2H3,(H,24,25). The van der Waals surface area contributed by atoms with E-state index in [1.165, 1.54) is 18.5 Å². The van der Waals surface area contributed by atoms with Gasteiger partial charge >= 0.3 is 0 Å². The zero-order valence-corrected chi connectivity index (χ0v) is 18.9. The molecule has 0 bridgehead atoms. The van der Waals surface area contributed by atoms with Crippen LogP contribution in [0.25, 0.3) is 5.65 Å². The number of aryl methyl sites for hydroxylation is 1. The van der Waals surface area contributed by atoms with Gasteiger partial charge in [-0.1, -0.05) is 18.9 Å². The molecule has 2 aliphatic heterocycles. The number of aliphatic imine (C=N–C) groups is 1. The number of guanidine groups is 1. The van der Waals surface area contributed by atoms with Crippen LogP contribution in [0.3, 0.4) is 0 Å². The molecule has 0 aromatic carbocycles. The summed E-state index contributed by atoms with van der Waals surface area (Å²) in [5.41, 5.74) is 3.14. The molecule has 2 aromatic rings. The Labute approximate surface area is 184 Å². The summed E-state index contributed by atoms with van der Waals surface area (Å²) in [4.78, 5) is 28.5. The van der Waals surface area contributed by atoms with Gasteiger partial charge in [0.05, 0.1) is 18.8 Å². The molecule has 0 radical (unpaired) electrons. The first-order valence-corrected chi connectivity index (χ1v) is 11.5. The molecular formula is C23H35N7O. The van der Waals surface area contributed by atoms with Crippen LogP contribution in [-0.4, -0.2) is 88.8 Å². The smallest absolute Gasteiger partial charge is 0.236 e. The molecule has 8 nitrogen and oxygen atoms in total. The number of fused-ring (bicyclic) bond motifs is 1. The van der Waals surface area contributed by atoms with Gasteiger partial charge in [-0.3, -0.25) is 14.7 Å². The molecule has 2 saturated heterocycles. The fraction of sp³-hybridized carbons (Fsp3) is 0.609. The minimum Gasteiger partial charge on any atom is -0.351 e. The van der Waals surface area contributed by atoms with Crippen LogP contribution in [0.4, 0.5) is 0 Å². The molecule has 2 aliphatic rings. The molecule has 4 rings (SSSR count). The molecule has 2 fully saturated rings. The summed E-state index contributed by atoms with van der Waals surface area (Å²) in [5.74, 6) is 1.19. The third-order valence-corrected chi connectivity index (χ3v) is 6.37. The van der Waals surface area contributed by atoms with E-state index in [4.69, 9.17) is 4.98 Å². The lowest BCUT2D eigenvalue weighted by Crippen LogP contribution is -2.54. The second kappa shape index (κ2) is 10.1. The molecule has 31 heavy (non-hydrogen) atoms. The van der Waals surface area contributed by atoms with Gasteiger partial charge in [0.2, 0.25) is 5.91 Å². The maximum absolute atomic E-state index is 12.7. The van der Waals surface area contributed by atoms with Gasteiger partial charge in [0, 0.05) is 58.2 Å². The molecule has 4 heterocycles. The Morgan fingerprint density at radius 1 is 1.03 bits per heavy atom. The predicted octanol–water partition coefficient (Wildman–Crippen LogP) is 1.74. The lowest BCUT2D eigenvalue weighted by atomic mass is 10.2. The number of hydrogen-bond donors (Lipinski definition) is 1. The van der Waals surface area contributed by atoms with Gasteiger partial charge in [-0.05, 0) is 31.9 Å². The normalized spacial score (nSPS) is 19.0. The number of nitrogens with one attached hydrogen (secondary N) is 1. The monoisotopic (exact) mass is 425 g/mol. The topological polar surface area (TPSA) is 68.5 Å². The Morgan fingerprint density at radius 2 is 1.77 bits per heavy atom. The second-order valence-electron chi connectivity index (χ2n) is 8.59. The zero-order chi connectivity index (χ0) is 21.6. The van der Waals surface area contributed by atoms with E-state index in [0.29, 0.717) is 19.0 Å². The van der Waals surface area contributed by atoms with Crippen molar-refractivity contribution in [3.05, 3.63) is 35.8 Å². The Morgan fingerprint density at radius 3 is 2.45 bits per heavy atom. The highest BCUT2D eigenvalue weighted by molar-refractivity contribution is 5.80. The van der Waals surface area contributed by atoms with Crippen molar-refractivity contribution in [1.82, 2.24) is 29.4 Å². The SMILES string of the molecule is CN=C(NCc1cn2c(C)cccc2n1)N1CCN(CC(=O)N2CCCCCC2)CC1. The van der Waals surface area contributed by atoms with Crippen molar-refractivity contribution in [3.63, 3.8) is 0 Å². The molecule has 0 aliphatic carbocycles. The molecule has 2 aromatic heterocycles. The van der Waals surface area contributed by atoms with Crippen LogP contribution in [0, 0.1) is 6.92 Å². The van der Waals surface area contributed by atoms with Crippen molar-refractivity contribution in [2.75, 3.05) is 52.9 Å². The summed E-state index contributed by atoms with van der Waals surface area (Å²) in [6.45, 7) is 8.63. The summed E-state index contributed by atoms with van der Waals surface area (Å²) >= 11 is 0. The predicted molar refractivity (Wildman–Crippen MR) is 123 cm³/mol. The van der Waals surface area contributed by atoms with Crippen LogP contribution in [0.2, 0.25) is 0 Å². The van der Waals surface area contributed by atoms with Crippen molar-refractivity contribution < 1.29 is 4.79 Å². The number of aromatic nitrogens is 2. The highest BCUT2D eigenvalue weighted by Crippen LogP contribution is 2.12. The molecule has 8 heteroatoms. The van der Waals surface area contributed by atoms with Gasteiger partial charge in [0.25, 0.3) is 0 Å².